The average Bonchev–Trinajstić information content (AvgIpc) is 2.99. The van der Waals surface area contributed by atoms with Crippen molar-refractivity contribution in [3.63, 3.8) is 0 Å². The minimum Gasteiger partial charge on any atom is -0.497 e. The molecule has 0 spiro atoms. The summed E-state index contributed by atoms with van der Waals surface area (Å²) in [5, 5.41) is 2.94. The van der Waals surface area contributed by atoms with Gasteiger partial charge in [0.05, 0.1) is 12.0 Å². The largest absolute Gasteiger partial charge is 0.497 e. The summed E-state index contributed by atoms with van der Waals surface area (Å²) in [5.74, 6) is 0.810. The number of rotatable bonds is 5. The fourth-order valence-corrected chi connectivity index (χ4v) is 5.16. The Hall–Kier alpha value is -3.37. The molecule has 0 saturated heterocycles. The van der Waals surface area contributed by atoms with Crippen LogP contribution in [0.2, 0.25) is 0 Å². The van der Waals surface area contributed by atoms with Gasteiger partial charge in [-0.1, -0.05) is 12.1 Å². The number of ether oxygens (including phenoxy) is 1. The Morgan fingerprint density at radius 2 is 1.50 bits per heavy atom. The van der Waals surface area contributed by atoms with Crippen LogP contribution in [0.25, 0.3) is 0 Å². The standard InChI is InChI=1S/C20H17N3O5S2/c1-28-16-10-6-15(7-11-16)22-29(24,25)17-12-8-14(9-13-17)21-20-18-4-2-3-5-19(18)30(26,27)23-20/h2-13,22H,1H3,(H,21,23). The summed E-state index contributed by atoms with van der Waals surface area (Å²) >= 11 is 0. The van der Waals surface area contributed by atoms with Crippen LogP contribution in [0.15, 0.2) is 87.0 Å². The molecule has 3 aromatic carbocycles. The Balaban J connectivity index is 1.53. The summed E-state index contributed by atoms with van der Waals surface area (Å²) in [6, 6.07) is 18.9. The number of methoxy groups -OCH3 is 1. The topological polar surface area (TPSA) is 114 Å². The lowest BCUT2D eigenvalue weighted by Gasteiger charge is -2.10. The second kappa shape index (κ2) is 7.47. The van der Waals surface area contributed by atoms with Gasteiger partial charge in [-0.2, -0.15) is 8.42 Å². The highest BCUT2D eigenvalue weighted by molar-refractivity contribution is 7.92. The summed E-state index contributed by atoms with van der Waals surface area (Å²) < 4.78 is 60.8. The van der Waals surface area contributed by atoms with Crippen molar-refractivity contribution in [3.8, 4) is 5.75 Å². The Bertz CT molecular complexity index is 1330. The van der Waals surface area contributed by atoms with Crippen LogP contribution in [0, 0.1) is 0 Å². The first-order valence-electron chi connectivity index (χ1n) is 8.77. The molecule has 10 heteroatoms. The number of nitrogens with zero attached hydrogens (tertiary/aromatic N) is 1. The molecule has 4 rings (SSSR count). The molecule has 8 nitrogen and oxygen atoms in total. The summed E-state index contributed by atoms with van der Waals surface area (Å²) in [6.45, 7) is 0. The van der Waals surface area contributed by atoms with E-state index >= 15 is 0 Å². The van der Waals surface area contributed by atoms with E-state index in [9.17, 15) is 16.8 Å². The van der Waals surface area contributed by atoms with E-state index in [1.54, 1.807) is 54.6 Å². The number of amidine groups is 1. The summed E-state index contributed by atoms with van der Waals surface area (Å²) in [4.78, 5) is 0.195. The SMILES string of the molecule is COc1ccc(NS(=O)(=O)c2ccc(NC3=NS(=O)(=O)c4ccccc43)cc2)cc1. The van der Waals surface area contributed by atoms with Crippen LogP contribution in [0.4, 0.5) is 11.4 Å². The van der Waals surface area contributed by atoms with Crippen molar-refractivity contribution < 1.29 is 21.6 Å². The van der Waals surface area contributed by atoms with Crippen molar-refractivity contribution in [1.29, 1.82) is 0 Å². The highest BCUT2D eigenvalue weighted by atomic mass is 32.2. The number of hydrogen-bond donors (Lipinski definition) is 2. The fourth-order valence-electron chi connectivity index (χ4n) is 2.92. The van der Waals surface area contributed by atoms with Gasteiger partial charge in [0.25, 0.3) is 20.0 Å². The fraction of sp³-hybridized carbons (Fsp3) is 0.0500. The zero-order valence-electron chi connectivity index (χ0n) is 15.7. The molecule has 0 saturated carbocycles. The van der Waals surface area contributed by atoms with Crippen LogP contribution >= 0.6 is 0 Å². The Kier molecular flexibility index (Phi) is 4.96. The monoisotopic (exact) mass is 443 g/mol. The number of sulfonamides is 2. The van der Waals surface area contributed by atoms with Gasteiger partial charge in [-0.25, -0.2) is 8.42 Å². The van der Waals surface area contributed by atoms with E-state index in [1.165, 1.54) is 25.3 Å². The minimum atomic E-state index is -3.79. The maximum absolute atomic E-state index is 12.6. The molecule has 0 radical (unpaired) electrons. The zero-order valence-corrected chi connectivity index (χ0v) is 17.4. The van der Waals surface area contributed by atoms with E-state index in [0.717, 1.165) is 0 Å². The number of anilines is 2. The van der Waals surface area contributed by atoms with E-state index in [2.05, 4.69) is 14.4 Å². The second-order valence-electron chi connectivity index (χ2n) is 6.39. The number of fused-ring (bicyclic) bond motifs is 1. The van der Waals surface area contributed by atoms with Crippen LogP contribution in [0.1, 0.15) is 5.56 Å². The molecule has 0 fully saturated rings. The lowest BCUT2D eigenvalue weighted by atomic mass is 10.2. The van der Waals surface area contributed by atoms with Crippen molar-refractivity contribution in [1.82, 2.24) is 0 Å². The zero-order chi connectivity index (χ0) is 21.4. The number of nitrogens with one attached hydrogen (secondary N) is 2. The summed E-state index contributed by atoms with van der Waals surface area (Å²) in [6.07, 6.45) is 0. The van der Waals surface area contributed by atoms with E-state index in [-0.39, 0.29) is 15.6 Å². The van der Waals surface area contributed by atoms with Crippen molar-refractivity contribution in [2.75, 3.05) is 17.1 Å². The highest BCUT2D eigenvalue weighted by Gasteiger charge is 2.28. The van der Waals surface area contributed by atoms with Gasteiger partial charge in [-0.3, -0.25) is 4.72 Å². The van der Waals surface area contributed by atoms with Gasteiger partial charge in [0.1, 0.15) is 10.6 Å². The molecule has 0 atom stereocenters. The number of hydrogen-bond acceptors (Lipinski definition) is 6. The first-order chi connectivity index (χ1) is 14.3. The third-order valence-electron chi connectivity index (χ3n) is 4.40. The van der Waals surface area contributed by atoms with Gasteiger partial charge >= 0.3 is 0 Å². The third-order valence-corrected chi connectivity index (χ3v) is 7.13. The molecule has 30 heavy (non-hydrogen) atoms. The lowest BCUT2D eigenvalue weighted by molar-refractivity contribution is 0.415. The van der Waals surface area contributed by atoms with Gasteiger partial charge in [0, 0.05) is 16.9 Å². The quantitative estimate of drug-likeness (QED) is 0.627. The van der Waals surface area contributed by atoms with Crippen LogP contribution in [0.3, 0.4) is 0 Å². The molecule has 0 aliphatic carbocycles. The van der Waals surface area contributed by atoms with Crippen LogP contribution in [0.5, 0.6) is 5.75 Å². The normalized spacial score (nSPS) is 14.5. The highest BCUT2D eigenvalue weighted by Crippen LogP contribution is 2.27. The first-order valence-corrected chi connectivity index (χ1v) is 11.7. The molecule has 1 aliphatic rings. The molecule has 1 heterocycles. The first kappa shape index (κ1) is 19.9. The minimum absolute atomic E-state index is 0.0604. The van der Waals surface area contributed by atoms with Crippen molar-refractivity contribution in [3.05, 3.63) is 78.4 Å². The van der Waals surface area contributed by atoms with E-state index in [4.69, 9.17) is 4.74 Å². The molecule has 0 bridgehead atoms. The van der Waals surface area contributed by atoms with Gasteiger partial charge in [-0.05, 0) is 60.7 Å². The van der Waals surface area contributed by atoms with Crippen molar-refractivity contribution >= 4 is 37.3 Å². The Morgan fingerprint density at radius 1 is 0.867 bits per heavy atom. The van der Waals surface area contributed by atoms with Crippen LogP contribution in [-0.4, -0.2) is 29.8 Å². The van der Waals surface area contributed by atoms with Gasteiger partial charge < -0.3 is 10.1 Å². The molecular formula is C20H17N3O5S2. The smallest absolute Gasteiger partial charge is 0.285 e. The van der Waals surface area contributed by atoms with E-state index in [1.807, 2.05) is 0 Å². The molecule has 0 amide bonds. The van der Waals surface area contributed by atoms with Crippen molar-refractivity contribution in [2.24, 2.45) is 4.40 Å². The lowest BCUT2D eigenvalue weighted by Crippen LogP contribution is -2.14. The predicted molar refractivity (Wildman–Crippen MR) is 114 cm³/mol. The molecular weight excluding hydrogens is 426 g/mol. The Labute approximate surface area is 174 Å². The molecule has 3 aromatic rings. The average molecular weight is 444 g/mol. The third kappa shape index (κ3) is 3.87. The molecule has 1 aliphatic heterocycles. The maximum Gasteiger partial charge on any atom is 0.285 e. The van der Waals surface area contributed by atoms with Crippen LogP contribution in [-0.2, 0) is 20.0 Å². The molecule has 0 unspecified atom stereocenters. The molecule has 154 valence electrons. The van der Waals surface area contributed by atoms with Crippen molar-refractivity contribution in [2.45, 2.75) is 9.79 Å². The van der Waals surface area contributed by atoms with Crippen LogP contribution < -0.4 is 14.8 Å². The Morgan fingerprint density at radius 3 is 2.17 bits per heavy atom. The van der Waals surface area contributed by atoms with E-state index in [0.29, 0.717) is 22.7 Å². The summed E-state index contributed by atoms with van der Waals surface area (Å²) in [5.41, 5.74) is 1.37. The number of benzene rings is 3. The maximum atomic E-state index is 12.6. The second-order valence-corrected chi connectivity index (χ2v) is 9.65. The molecule has 0 aromatic heterocycles. The van der Waals surface area contributed by atoms with Gasteiger partial charge in [0.2, 0.25) is 0 Å². The summed E-state index contributed by atoms with van der Waals surface area (Å²) in [7, 11) is -6.00. The molecule has 2 N–H and O–H groups in total. The van der Waals surface area contributed by atoms with E-state index < -0.39 is 20.0 Å². The van der Waals surface area contributed by atoms with Gasteiger partial charge in [0.15, 0.2) is 5.84 Å². The predicted octanol–water partition coefficient (Wildman–Crippen LogP) is 3.06. The van der Waals surface area contributed by atoms with Gasteiger partial charge in [-0.15, -0.1) is 4.40 Å².